The van der Waals surface area contributed by atoms with Gasteiger partial charge in [-0.05, 0) is 66.4 Å². The second kappa shape index (κ2) is 9.97. The van der Waals surface area contributed by atoms with Crippen molar-refractivity contribution in [1.29, 1.82) is 0 Å². The van der Waals surface area contributed by atoms with Crippen LogP contribution in [-0.2, 0) is 6.42 Å². The van der Waals surface area contributed by atoms with E-state index in [2.05, 4.69) is 17.1 Å². The molecule has 3 nitrogen and oxygen atoms in total. The molecule has 0 saturated heterocycles. The van der Waals surface area contributed by atoms with E-state index in [0.29, 0.717) is 12.4 Å². The van der Waals surface area contributed by atoms with Crippen LogP contribution in [-0.4, -0.2) is 17.9 Å². The van der Waals surface area contributed by atoms with E-state index >= 15 is 0 Å². The van der Waals surface area contributed by atoms with Crippen molar-refractivity contribution < 1.29 is 9.84 Å². The van der Waals surface area contributed by atoms with E-state index in [1.54, 1.807) is 18.3 Å². The molecule has 0 unspecified atom stereocenters. The van der Waals surface area contributed by atoms with Gasteiger partial charge in [-0.15, -0.1) is 0 Å². The van der Waals surface area contributed by atoms with Gasteiger partial charge in [0.2, 0.25) is 0 Å². The van der Waals surface area contributed by atoms with Crippen LogP contribution in [0.25, 0.3) is 6.08 Å². The third-order valence-electron chi connectivity index (χ3n) is 4.05. The molecular weight excluding hydrogens is 334 g/mol. The number of hydrogen-bond donors (Lipinski definition) is 1. The summed E-state index contributed by atoms with van der Waals surface area (Å²) in [5.41, 5.74) is 3.24. The number of aromatic hydroxyl groups is 1. The molecule has 0 heterocycles. The number of phenols is 1. The van der Waals surface area contributed by atoms with Crippen LogP contribution in [0.1, 0.15) is 17.5 Å². The van der Waals surface area contributed by atoms with E-state index in [4.69, 9.17) is 4.74 Å². The van der Waals surface area contributed by atoms with Crippen LogP contribution in [0.3, 0.4) is 0 Å². The molecule has 0 amide bonds. The van der Waals surface area contributed by atoms with Crippen molar-refractivity contribution in [3.63, 3.8) is 0 Å². The number of benzene rings is 3. The lowest BCUT2D eigenvalue weighted by Crippen LogP contribution is -1.99. The first-order valence-corrected chi connectivity index (χ1v) is 9.06. The maximum atomic E-state index is 9.28. The fourth-order valence-electron chi connectivity index (χ4n) is 2.60. The quantitative estimate of drug-likeness (QED) is 0.408. The topological polar surface area (TPSA) is 41.8 Å². The average Bonchev–Trinajstić information content (AvgIpc) is 2.72. The van der Waals surface area contributed by atoms with Gasteiger partial charge in [0.15, 0.2) is 0 Å². The number of phenolic OH excluding ortho intramolecular Hbond substituents is 1. The van der Waals surface area contributed by atoms with Crippen LogP contribution in [0.15, 0.2) is 89.9 Å². The fourth-order valence-corrected chi connectivity index (χ4v) is 2.60. The highest BCUT2D eigenvalue weighted by molar-refractivity contribution is 5.80. The van der Waals surface area contributed by atoms with Crippen molar-refractivity contribution in [2.24, 2.45) is 4.99 Å². The average molecular weight is 357 g/mol. The Labute approximate surface area is 160 Å². The highest BCUT2D eigenvalue weighted by Crippen LogP contribution is 2.18. The summed E-state index contributed by atoms with van der Waals surface area (Å²) in [6.45, 7) is 0.656. The van der Waals surface area contributed by atoms with Crippen molar-refractivity contribution in [3.8, 4) is 11.5 Å². The van der Waals surface area contributed by atoms with Crippen LogP contribution in [0, 0.1) is 0 Å². The molecule has 27 heavy (non-hydrogen) atoms. The van der Waals surface area contributed by atoms with Crippen LogP contribution in [0.2, 0.25) is 0 Å². The maximum absolute atomic E-state index is 9.28. The smallest absolute Gasteiger partial charge is 0.119 e. The first-order valence-electron chi connectivity index (χ1n) is 9.06. The van der Waals surface area contributed by atoms with Crippen LogP contribution in [0.4, 0.5) is 5.69 Å². The normalized spacial score (nSPS) is 11.3. The van der Waals surface area contributed by atoms with Crippen molar-refractivity contribution in [3.05, 3.63) is 96.1 Å². The lowest BCUT2D eigenvalue weighted by atomic mass is 10.1. The van der Waals surface area contributed by atoms with E-state index in [9.17, 15) is 5.11 Å². The van der Waals surface area contributed by atoms with Gasteiger partial charge in [-0.1, -0.05) is 48.5 Å². The van der Waals surface area contributed by atoms with Gasteiger partial charge in [0.1, 0.15) is 11.5 Å². The molecule has 3 heteroatoms. The first kappa shape index (κ1) is 18.5. The summed E-state index contributed by atoms with van der Waals surface area (Å²) in [5.74, 6) is 1.15. The minimum absolute atomic E-state index is 0.299. The second-order valence-electron chi connectivity index (χ2n) is 6.16. The van der Waals surface area contributed by atoms with Crippen LogP contribution in [0.5, 0.6) is 11.5 Å². The molecule has 0 spiro atoms. The third-order valence-corrected chi connectivity index (χ3v) is 4.05. The zero-order valence-electron chi connectivity index (χ0n) is 15.2. The van der Waals surface area contributed by atoms with Gasteiger partial charge in [-0.2, -0.15) is 0 Å². The number of nitrogens with zero attached hydrogens (tertiary/aromatic N) is 1. The number of ether oxygens (including phenoxy) is 1. The van der Waals surface area contributed by atoms with Crippen molar-refractivity contribution >= 4 is 18.0 Å². The molecular formula is C24H23NO2. The molecule has 0 aliphatic rings. The Bertz CT molecular complexity index is 867. The molecule has 136 valence electrons. The molecule has 0 aliphatic heterocycles. The van der Waals surface area contributed by atoms with Gasteiger partial charge >= 0.3 is 0 Å². The van der Waals surface area contributed by atoms with Gasteiger partial charge < -0.3 is 9.84 Å². The van der Waals surface area contributed by atoms with E-state index in [1.165, 1.54) is 5.56 Å². The Hall–Kier alpha value is -3.33. The molecule has 3 rings (SSSR count). The molecule has 0 aromatic heterocycles. The van der Waals surface area contributed by atoms with Crippen LogP contribution < -0.4 is 4.74 Å². The van der Waals surface area contributed by atoms with Gasteiger partial charge in [0, 0.05) is 6.21 Å². The maximum Gasteiger partial charge on any atom is 0.119 e. The predicted octanol–water partition coefficient (Wildman–Crippen LogP) is 5.82. The number of allylic oxidation sites excluding steroid dienone is 1. The molecule has 0 radical (unpaired) electrons. The summed E-state index contributed by atoms with van der Waals surface area (Å²) in [4.78, 5) is 4.42. The van der Waals surface area contributed by atoms with Crippen LogP contribution >= 0.6 is 0 Å². The summed E-state index contributed by atoms with van der Waals surface area (Å²) in [6.07, 6.45) is 7.60. The molecule has 0 bridgehead atoms. The molecule has 3 aromatic rings. The Morgan fingerprint density at radius 3 is 2.33 bits per heavy atom. The molecule has 0 saturated carbocycles. The number of rotatable bonds is 8. The largest absolute Gasteiger partial charge is 0.508 e. The molecule has 0 aliphatic carbocycles. The van der Waals surface area contributed by atoms with E-state index < -0.39 is 0 Å². The fraction of sp³-hybridized carbons (Fsp3) is 0.125. The predicted molar refractivity (Wildman–Crippen MR) is 112 cm³/mol. The van der Waals surface area contributed by atoms with E-state index in [0.717, 1.165) is 29.8 Å². The Morgan fingerprint density at radius 2 is 1.59 bits per heavy atom. The van der Waals surface area contributed by atoms with Crippen molar-refractivity contribution in [1.82, 2.24) is 0 Å². The Balaban J connectivity index is 1.41. The van der Waals surface area contributed by atoms with E-state index in [1.807, 2.05) is 66.7 Å². The van der Waals surface area contributed by atoms with Gasteiger partial charge in [0.05, 0.1) is 12.3 Å². The third kappa shape index (κ3) is 6.48. The summed E-state index contributed by atoms with van der Waals surface area (Å²) < 4.78 is 5.77. The monoisotopic (exact) mass is 357 g/mol. The molecule has 0 fully saturated rings. The summed E-state index contributed by atoms with van der Waals surface area (Å²) in [5, 5.41) is 9.28. The first-order chi connectivity index (χ1) is 13.3. The minimum atomic E-state index is 0.299. The molecule has 0 atom stereocenters. The highest BCUT2D eigenvalue weighted by atomic mass is 16.5. The van der Waals surface area contributed by atoms with Gasteiger partial charge in [-0.25, -0.2) is 0 Å². The minimum Gasteiger partial charge on any atom is -0.508 e. The SMILES string of the molecule is Oc1ccc(CCCOc2ccc(N=C/C=C/c3ccccc3)cc2)cc1. The van der Waals surface area contributed by atoms with Gasteiger partial charge in [-0.3, -0.25) is 4.99 Å². The molecule has 3 aromatic carbocycles. The number of aryl methyl sites for hydroxylation is 1. The Morgan fingerprint density at radius 1 is 0.852 bits per heavy atom. The zero-order valence-corrected chi connectivity index (χ0v) is 15.2. The Kier molecular flexibility index (Phi) is 6.82. The van der Waals surface area contributed by atoms with Crippen molar-refractivity contribution in [2.75, 3.05) is 6.61 Å². The summed E-state index contributed by atoms with van der Waals surface area (Å²) >= 11 is 0. The highest BCUT2D eigenvalue weighted by Gasteiger charge is 1.97. The standard InChI is InChI=1S/C24H23NO2/c26-23-14-10-21(11-15-23)9-5-19-27-24-16-12-22(13-17-24)25-18-4-8-20-6-2-1-3-7-20/h1-4,6-8,10-18,26H,5,9,19H2/b8-4+,25-18?. The second-order valence-corrected chi connectivity index (χ2v) is 6.16. The lowest BCUT2D eigenvalue weighted by molar-refractivity contribution is 0.311. The lowest BCUT2D eigenvalue weighted by Gasteiger charge is -2.06. The number of aliphatic imine (C=N–C) groups is 1. The van der Waals surface area contributed by atoms with Crippen molar-refractivity contribution in [2.45, 2.75) is 12.8 Å². The van der Waals surface area contributed by atoms with Gasteiger partial charge in [0.25, 0.3) is 0 Å². The summed E-state index contributed by atoms with van der Waals surface area (Å²) in [7, 11) is 0. The molecule has 1 N–H and O–H groups in total. The number of hydrogen-bond acceptors (Lipinski definition) is 3. The zero-order chi connectivity index (χ0) is 18.7. The summed E-state index contributed by atoms with van der Waals surface area (Å²) in [6, 6.07) is 25.2. The van der Waals surface area contributed by atoms with E-state index in [-0.39, 0.29) is 0 Å².